The molecule has 0 heterocycles. The predicted octanol–water partition coefficient (Wildman–Crippen LogP) is 2.15. The second-order valence-electron chi connectivity index (χ2n) is 5.11. The first-order chi connectivity index (χ1) is 12.3. The van der Waals surface area contributed by atoms with Crippen LogP contribution in [-0.4, -0.2) is 34.1 Å². The third kappa shape index (κ3) is 5.29. The van der Waals surface area contributed by atoms with Crippen LogP contribution in [0.25, 0.3) is 0 Å². The molecule has 0 saturated carbocycles. The zero-order valence-corrected chi connectivity index (χ0v) is 15.3. The molecular weight excluding hydrogens is 382 g/mol. The molecule has 0 atom stereocenters. The average Bonchev–Trinajstić information content (AvgIpc) is 2.65. The van der Waals surface area contributed by atoms with E-state index in [9.17, 15) is 18.0 Å². The number of hydrogen-bond acceptors (Lipinski definition) is 6. The molecular formula is C17H16ClNO6S. The molecule has 2 rings (SSSR count). The summed E-state index contributed by atoms with van der Waals surface area (Å²) in [6.45, 7) is -0.511. The van der Waals surface area contributed by atoms with E-state index in [2.05, 4.69) is 9.46 Å². The summed E-state index contributed by atoms with van der Waals surface area (Å²) in [5, 5.41) is -0.0462. The Morgan fingerprint density at radius 1 is 1.12 bits per heavy atom. The van der Waals surface area contributed by atoms with E-state index >= 15 is 0 Å². The van der Waals surface area contributed by atoms with Crippen LogP contribution in [0.2, 0.25) is 5.02 Å². The molecule has 0 aliphatic heterocycles. The van der Waals surface area contributed by atoms with E-state index in [1.807, 2.05) is 6.07 Å². The molecule has 0 aliphatic carbocycles. The smallest absolute Gasteiger partial charge is 0.344 e. The number of nitrogens with one attached hydrogen (secondary N) is 1. The third-order valence-electron chi connectivity index (χ3n) is 3.31. The summed E-state index contributed by atoms with van der Waals surface area (Å²) in [6.07, 6.45) is 0. The first kappa shape index (κ1) is 19.9. The number of sulfonamides is 1. The first-order valence-corrected chi connectivity index (χ1v) is 9.26. The van der Waals surface area contributed by atoms with Crippen molar-refractivity contribution in [1.29, 1.82) is 0 Å². The van der Waals surface area contributed by atoms with Gasteiger partial charge in [0.1, 0.15) is 4.90 Å². The quantitative estimate of drug-likeness (QED) is 0.719. The van der Waals surface area contributed by atoms with Crippen LogP contribution in [0.15, 0.2) is 53.4 Å². The molecule has 0 aliphatic rings. The number of carbonyl (C=O) groups is 2. The van der Waals surface area contributed by atoms with Crippen molar-refractivity contribution in [3.8, 4) is 0 Å². The number of ether oxygens (including phenoxy) is 2. The van der Waals surface area contributed by atoms with E-state index in [1.165, 1.54) is 12.1 Å². The van der Waals surface area contributed by atoms with Gasteiger partial charge in [-0.3, -0.25) is 0 Å². The minimum absolute atomic E-state index is 0.0462. The van der Waals surface area contributed by atoms with Gasteiger partial charge in [0.05, 0.1) is 17.7 Å². The van der Waals surface area contributed by atoms with Gasteiger partial charge in [0.2, 0.25) is 10.0 Å². The van der Waals surface area contributed by atoms with Gasteiger partial charge in [-0.25, -0.2) is 22.7 Å². The van der Waals surface area contributed by atoms with Crippen molar-refractivity contribution in [3.63, 3.8) is 0 Å². The van der Waals surface area contributed by atoms with E-state index in [1.54, 1.807) is 24.3 Å². The molecule has 0 spiro atoms. The van der Waals surface area contributed by atoms with Gasteiger partial charge in [-0.1, -0.05) is 41.9 Å². The Labute approximate surface area is 155 Å². The molecule has 0 unspecified atom stereocenters. The van der Waals surface area contributed by atoms with Crippen molar-refractivity contribution in [2.24, 2.45) is 0 Å². The number of esters is 2. The lowest BCUT2D eigenvalue weighted by Crippen LogP contribution is -2.24. The van der Waals surface area contributed by atoms with E-state index in [0.717, 1.165) is 18.7 Å². The fraction of sp³-hybridized carbons (Fsp3) is 0.176. The summed E-state index contributed by atoms with van der Waals surface area (Å²) in [4.78, 5) is 22.7. The van der Waals surface area contributed by atoms with Crippen LogP contribution >= 0.6 is 11.6 Å². The van der Waals surface area contributed by atoms with Crippen LogP contribution in [0, 0.1) is 0 Å². The second kappa shape index (κ2) is 8.79. The van der Waals surface area contributed by atoms with Crippen molar-refractivity contribution in [2.75, 3.05) is 13.7 Å². The Morgan fingerprint density at radius 3 is 2.46 bits per heavy atom. The number of methoxy groups -OCH3 is 1. The van der Waals surface area contributed by atoms with Crippen LogP contribution in [0.1, 0.15) is 15.9 Å². The Morgan fingerprint density at radius 2 is 1.81 bits per heavy atom. The summed E-state index contributed by atoms with van der Waals surface area (Å²) in [5.41, 5.74) is 0.708. The molecule has 0 amide bonds. The summed E-state index contributed by atoms with van der Waals surface area (Å²) in [6, 6.07) is 12.6. The SMILES string of the molecule is COC(=O)COC(=O)c1ccc(Cl)c(S(=O)(=O)NCc2ccccc2)c1. The Balaban J connectivity index is 2.17. The van der Waals surface area contributed by atoms with Gasteiger partial charge in [0.15, 0.2) is 6.61 Å². The van der Waals surface area contributed by atoms with Crippen LogP contribution < -0.4 is 4.72 Å². The Bertz CT molecular complexity index is 899. The average molecular weight is 398 g/mol. The Hall–Kier alpha value is -2.42. The number of halogens is 1. The molecule has 0 saturated heterocycles. The highest BCUT2D eigenvalue weighted by molar-refractivity contribution is 7.89. The molecule has 0 radical (unpaired) electrons. The molecule has 1 N–H and O–H groups in total. The molecule has 9 heteroatoms. The summed E-state index contributed by atoms with van der Waals surface area (Å²) < 4.78 is 36.5. The van der Waals surface area contributed by atoms with Crippen molar-refractivity contribution in [1.82, 2.24) is 4.72 Å². The summed E-state index contributed by atoms with van der Waals surface area (Å²) in [5.74, 6) is -1.60. The van der Waals surface area contributed by atoms with Gasteiger partial charge < -0.3 is 9.47 Å². The zero-order valence-electron chi connectivity index (χ0n) is 13.8. The molecule has 138 valence electrons. The maximum atomic E-state index is 12.5. The van der Waals surface area contributed by atoms with Gasteiger partial charge >= 0.3 is 11.9 Å². The number of benzene rings is 2. The van der Waals surface area contributed by atoms with E-state index in [0.29, 0.717) is 0 Å². The topological polar surface area (TPSA) is 98.8 Å². The molecule has 0 fully saturated rings. The van der Waals surface area contributed by atoms with Gasteiger partial charge in [-0.2, -0.15) is 0 Å². The lowest BCUT2D eigenvalue weighted by atomic mass is 10.2. The molecule has 0 aromatic heterocycles. The number of carbonyl (C=O) groups excluding carboxylic acids is 2. The van der Waals surface area contributed by atoms with Crippen molar-refractivity contribution >= 4 is 33.6 Å². The standard InChI is InChI=1S/C17H16ClNO6S/c1-24-16(20)11-25-17(21)13-7-8-14(18)15(9-13)26(22,23)19-10-12-5-3-2-4-6-12/h2-9,19H,10-11H2,1H3. The number of rotatable bonds is 7. The van der Waals surface area contributed by atoms with Crippen LogP contribution in [0.3, 0.4) is 0 Å². The first-order valence-electron chi connectivity index (χ1n) is 7.40. The van der Waals surface area contributed by atoms with Gasteiger partial charge in [-0.05, 0) is 23.8 Å². The fourth-order valence-electron chi connectivity index (χ4n) is 1.95. The van der Waals surface area contributed by atoms with E-state index in [4.69, 9.17) is 16.3 Å². The monoisotopic (exact) mass is 397 g/mol. The normalized spacial score (nSPS) is 11.0. The molecule has 2 aromatic carbocycles. The van der Waals surface area contributed by atoms with Gasteiger partial charge in [0.25, 0.3) is 0 Å². The van der Waals surface area contributed by atoms with Gasteiger partial charge in [0, 0.05) is 6.54 Å². The highest BCUT2D eigenvalue weighted by atomic mass is 35.5. The second-order valence-corrected chi connectivity index (χ2v) is 7.25. The lowest BCUT2D eigenvalue weighted by molar-refractivity contribution is -0.144. The van der Waals surface area contributed by atoms with Crippen LogP contribution in [0.4, 0.5) is 0 Å². The van der Waals surface area contributed by atoms with Gasteiger partial charge in [-0.15, -0.1) is 0 Å². The van der Waals surface area contributed by atoms with E-state index in [-0.39, 0.29) is 22.0 Å². The summed E-state index contributed by atoms with van der Waals surface area (Å²) >= 11 is 5.97. The maximum Gasteiger partial charge on any atom is 0.344 e. The summed E-state index contributed by atoms with van der Waals surface area (Å²) in [7, 11) is -2.81. The van der Waals surface area contributed by atoms with Crippen molar-refractivity contribution < 1.29 is 27.5 Å². The predicted molar refractivity (Wildman–Crippen MR) is 94.2 cm³/mol. The minimum atomic E-state index is -3.96. The molecule has 2 aromatic rings. The van der Waals surface area contributed by atoms with Crippen molar-refractivity contribution in [2.45, 2.75) is 11.4 Å². The van der Waals surface area contributed by atoms with E-state index < -0.39 is 28.6 Å². The van der Waals surface area contributed by atoms with Crippen LogP contribution in [0.5, 0.6) is 0 Å². The number of hydrogen-bond donors (Lipinski definition) is 1. The highest BCUT2D eigenvalue weighted by Gasteiger charge is 2.21. The highest BCUT2D eigenvalue weighted by Crippen LogP contribution is 2.23. The maximum absolute atomic E-state index is 12.5. The largest absolute Gasteiger partial charge is 0.466 e. The van der Waals surface area contributed by atoms with Crippen molar-refractivity contribution in [3.05, 3.63) is 64.7 Å². The molecule has 0 bridgehead atoms. The zero-order chi connectivity index (χ0) is 19.2. The van der Waals surface area contributed by atoms with Crippen LogP contribution in [-0.2, 0) is 30.8 Å². The Kier molecular flexibility index (Phi) is 6.73. The third-order valence-corrected chi connectivity index (χ3v) is 5.20. The minimum Gasteiger partial charge on any atom is -0.466 e. The fourth-order valence-corrected chi connectivity index (χ4v) is 3.50. The molecule has 26 heavy (non-hydrogen) atoms. The lowest BCUT2D eigenvalue weighted by Gasteiger charge is -2.10. The molecule has 7 nitrogen and oxygen atoms in total.